The minimum atomic E-state index is -0.187. The fourth-order valence-corrected chi connectivity index (χ4v) is 4.65. The maximum atomic E-state index is 13.4. The van der Waals surface area contributed by atoms with E-state index in [2.05, 4.69) is 18.7 Å². The van der Waals surface area contributed by atoms with Crippen molar-refractivity contribution in [3.63, 3.8) is 0 Å². The molecule has 168 valence electrons. The average Bonchev–Trinajstić information content (AvgIpc) is 3.14. The Hall–Kier alpha value is -1.57. The van der Waals surface area contributed by atoms with Crippen LogP contribution in [-0.2, 0) is 0 Å². The molecule has 0 aliphatic rings. The molecule has 0 radical (unpaired) electrons. The summed E-state index contributed by atoms with van der Waals surface area (Å²) in [5.41, 5.74) is 1.25. The number of fused-ring (bicyclic) bond motifs is 1. The van der Waals surface area contributed by atoms with Gasteiger partial charge in [0.15, 0.2) is 5.13 Å². The van der Waals surface area contributed by atoms with E-state index in [1.165, 1.54) is 11.3 Å². The number of anilines is 1. The van der Waals surface area contributed by atoms with Gasteiger partial charge in [-0.15, -0.1) is 12.4 Å². The lowest BCUT2D eigenvalue weighted by atomic mass is 10.2. The van der Waals surface area contributed by atoms with E-state index in [1.54, 1.807) is 23.1 Å². The van der Waals surface area contributed by atoms with E-state index >= 15 is 0 Å². The van der Waals surface area contributed by atoms with Crippen molar-refractivity contribution < 1.29 is 9.53 Å². The second kappa shape index (κ2) is 11.9. The molecule has 0 aliphatic carbocycles. The third kappa shape index (κ3) is 6.24. The Labute approximate surface area is 203 Å². The number of rotatable bonds is 9. The highest BCUT2D eigenvalue weighted by molar-refractivity contribution is 7.22. The summed E-state index contributed by atoms with van der Waals surface area (Å²) in [7, 11) is 0. The number of hydrogen-bond donors (Lipinski definition) is 0. The third-order valence-electron chi connectivity index (χ3n) is 4.83. The molecule has 5 nitrogen and oxygen atoms in total. The topological polar surface area (TPSA) is 45.7 Å². The second-order valence-electron chi connectivity index (χ2n) is 6.67. The monoisotopic (exact) mass is 501 g/mol. The molecule has 0 atom stereocenters. The number of halogens is 3. The number of hydrogen-bond acceptors (Lipinski definition) is 5. The molecule has 1 heterocycles. The number of carbonyl (C=O) groups excluding carboxylic acids is 1. The zero-order valence-corrected chi connectivity index (χ0v) is 20.9. The van der Waals surface area contributed by atoms with Gasteiger partial charge in [0.2, 0.25) is 0 Å². The van der Waals surface area contributed by atoms with Gasteiger partial charge in [-0.2, -0.15) is 0 Å². The first kappa shape index (κ1) is 25.7. The SMILES string of the molecule is CCOc1ccc2nc(N(CCN(CC)CC)C(=O)c3ccc(Cl)cc3Cl)sc2c1.Cl. The number of nitrogens with zero attached hydrogens (tertiary/aromatic N) is 3. The summed E-state index contributed by atoms with van der Waals surface area (Å²) >= 11 is 13.8. The number of carbonyl (C=O) groups is 1. The molecule has 0 saturated heterocycles. The lowest BCUT2D eigenvalue weighted by molar-refractivity contribution is 0.0984. The summed E-state index contributed by atoms with van der Waals surface area (Å²) < 4.78 is 6.57. The molecule has 0 saturated carbocycles. The molecule has 0 spiro atoms. The largest absolute Gasteiger partial charge is 0.494 e. The molecule has 0 bridgehead atoms. The molecule has 31 heavy (non-hydrogen) atoms. The van der Waals surface area contributed by atoms with E-state index in [1.807, 2.05) is 25.1 Å². The molecule has 1 amide bonds. The first-order valence-corrected chi connectivity index (χ1v) is 11.6. The first-order valence-electron chi connectivity index (χ1n) is 9.99. The molecule has 2 aromatic carbocycles. The highest BCUT2D eigenvalue weighted by atomic mass is 35.5. The minimum Gasteiger partial charge on any atom is -0.494 e. The summed E-state index contributed by atoms with van der Waals surface area (Å²) in [6, 6.07) is 10.7. The van der Waals surface area contributed by atoms with Crippen LogP contribution in [0.2, 0.25) is 10.0 Å². The van der Waals surface area contributed by atoms with Crippen LogP contribution in [-0.4, -0.2) is 48.6 Å². The van der Waals surface area contributed by atoms with Crippen LogP contribution >= 0.6 is 46.9 Å². The average molecular weight is 503 g/mol. The Kier molecular flexibility index (Phi) is 9.85. The van der Waals surface area contributed by atoms with Crippen molar-refractivity contribution in [2.75, 3.05) is 37.7 Å². The van der Waals surface area contributed by atoms with Gasteiger partial charge in [0.05, 0.1) is 27.4 Å². The van der Waals surface area contributed by atoms with Crippen molar-refractivity contribution in [1.82, 2.24) is 9.88 Å². The normalized spacial score (nSPS) is 10.9. The van der Waals surface area contributed by atoms with Crippen LogP contribution in [0.5, 0.6) is 5.75 Å². The van der Waals surface area contributed by atoms with Gasteiger partial charge in [0, 0.05) is 18.1 Å². The fourth-order valence-electron chi connectivity index (χ4n) is 3.14. The highest BCUT2D eigenvalue weighted by Crippen LogP contribution is 2.33. The van der Waals surface area contributed by atoms with Crippen molar-refractivity contribution in [2.24, 2.45) is 0 Å². The fraction of sp³-hybridized carbons (Fsp3) is 0.364. The number of thiazole rings is 1. The zero-order chi connectivity index (χ0) is 21.7. The van der Waals surface area contributed by atoms with Gasteiger partial charge in [-0.1, -0.05) is 48.4 Å². The molecule has 0 N–H and O–H groups in total. The van der Waals surface area contributed by atoms with Gasteiger partial charge >= 0.3 is 0 Å². The highest BCUT2D eigenvalue weighted by Gasteiger charge is 2.24. The number of ether oxygens (including phenoxy) is 1. The molecule has 3 rings (SSSR count). The van der Waals surface area contributed by atoms with E-state index in [9.17, 15) is 4.79 Å². The Morgan fingerprint density at radius 2 is 1.81 bits per heavy atom. The van der Waals surface area contributed by atoms with Crippen molar-refractivity contribution in [3.8, 4) is 5.75 Å². The van der Waals surface area contributed by atoms with Gasteiger partial charge in [-0.3, -0.25) is 9.69 Å². The number of aromatic nitrogens is 1. The van der Waals surface area contributed by atoms with E-state index < -0.39 is 0 Å². The number of benzene rings is 2. The maximum absolute atomic E-state index is 13.4. The number of likely N-dealkylation sites (N-methyl/N-ethyl adjacent to an activating group) is 1. The molecule has 1 aromatic heterocycles. The maximum Gasteiger partial charge on any atom is 0.261 e. The molecule has 0 unspecified atom stereocenters. The predicted molar refractivity (Wildman–Crippen MR) is 134 cm³/mol. The Morgan fingerprint density at radius 1 is 1.06 bits per heavy atom. The quantitative estimate of drug-likeness (QED) is 0.339. The van der Waals surface area contributed by atoms with Crippen LogP contribution in [0, 0.1) is 0 Å². The van der Waals surface area contributed by atoms with Crippen LogP contribution in [0.4, 0.5) is 5.13 Å². The Balaban J connectivity index is 0.00000341. The molecular formula is C22H26Cl3N3O2S. The molecular weight excluding hydrogens is 477 g/mol. The summed E-state index contributed by atoms with van der Waals surface area (Å²) in [6.45, 7) is 9.85. The molecule has 0 aliphatic heterocycles. The molecule has 0 fully saturated rings. The number of amides is 1. The van der Waals surface area contributed by atoms with Crippen LogP contribution in [0.15, 0.2) is 36.4 Å². The van der Waals surface area contributed by atoms with E-state index in [4.69, 9.17) is 32.9 Å². The smallest absolute Gasteiger partial charge is 0.261 e. The van der Waals surface area contributed by atoms with Gasteiger partial charge < -0.3 is 9.64 Å². The van der Waals surface area contributed by atoms with Crippen molar-refractivity contribution in [2.45, 2.75) is 20.8 Å². The Morgan fingerprint density at radius 3 is 2.45 bits per heavy atom. The molecule has 9 heteroatoms. The lowest BCUT2D eigenvalue weighted by Crippen LogP contribution is -2.39. The van der Waals surface area contributed by atoms with Gasteiger partial charge in [0.25, 0.3) is 5.91 Å². The predicted octanol–water partition coefficient (Wildman–Crippen LogP) is 6.41. The van der Waals surface area contributed by atoms with Crippen LogP contribution < -0.4 is 9.64 Å². The van der Waals surface area contributed by atoms with Crippen LogP contribution in [0.1, 0.15) is 31.1 Å². The second-order valence-corrected chi connectivity index (χ2v) is 8.52. The first-order chi connectivity index (χ1) is 14.5. The summed E-state index contributed by atoms with van der Waals surface area (Å²) in [6.07, 6.45) is 0. The van der Waals surface area contributed by atoms with Crippen molar-refractivity contribution >= 4 is 68.2 Å². The summed E-state index contributed by atoms with van der Waals surface area (Å²) in [5, 5.41) is 1.47. The standard InChI is InChI=1S/C22H25Cl2N3O2S.ClH/c1-4-26(5-2)11-12-27(21(28)17-9-7-15(23)13-18(17)24)22-25-19-10-8-16(29-6-3)14-20(19)30-22;/h7-10,13-14H,4-6,11-12H2,1-3H3;1H. The lowest BCUT2D eigenvalue weighted by Gasteiger charge is -2.25. The minimum absolute atomic E-state index is 0. The van der Waals surface area contributed by atoms with E-state index in [-0.39, 0.29) is 18.3 Å². The van der Waals surface area contributed by atoms with Gasteiger partial charge in [-0.05, 0) is 56.4 Å². The van der Waals surface area contributed by atoms with E-state index in [0.717, 1.165) is 35.6 Å². The third-order valence-corrected chi connectivity index (χ3v) is 6.42. The van der Waals surface area contributed by atoms with Gasteiger partial charge in [0.1, 0.15) is 5.75 Å². The van der Waals surface area contributed by atoms with Crippen molar-refractivity contribution in [1.29, 1.82) is 0 Å². The summed E-state index contributed by atoms with van der Waals surface area (Å²) in [4.78, 5) is 22.1. The van der Waals surface area contributed by atoms with Crippen LogP contribution in [0.25, 0.3) is 10.2 Å². The summed E-state index contributed by atoms with van der Waals surface area (Å²) in [5.74, 6) is 0.606. The van der Waals surface area contributed by atoms with E-state index in [0.29, 0.717) is 33.9 Å². The Bertz CT molecular complexity index is 1020. The molecule has 3 aromatic rings. The van der Waals surface area contributed by atoms with Gasteiger partial charge in [-0.25, -0.2) is 4.98 Å². The zero-order valence-electron chi connectivity index (χ0n) is 17.7. The van der Waals surface area contributed by atoms with Crippen LogP contribution in [0.3, 0.4) is 0 Å². The van der Waals surface area contributed by atoms with Crippen molar-refractivity contribution in [3.05, 3.63) is 52.0 Å².